The van der Waals surface area contributed by atoms with Gasteiger partial charge in [-0.05, 0) is 47.9 Å². The normalized spacial score (nSPS) is 11.0. The molecule has 0 bridgehead atoms. The van der Waals surface area contributed by atoms with Gasteiger partial charge < -0.3 is 16.0 Å². The number of carbonyl (C=O) groups is 3. The molecule has 0 radical (unpaired) electrons. The monoisotopic (exact) mass is 520 g/mol. The molecule has 0 saturated heterocycles. The summed E-state index contributed by atoms with van der Waals surface area (Å²) in [5, 5.41) is 12.5. The number of anilines is 2. The molecule has 35 heavy (non-hydrogen) atoms. The van der Waals surface area contributed by atoms with Gasteiger partial charge in [-0.2, -0.15) is 0 Å². The number of thiazole rings is 1. The van der Waals surface area contributed by atoms with Gasteiger partial charge in [0.15, 0.2) is 5.13 Å². The van der Waals surface area contributed by atoms with Crippen LogP contribution in [0.5, 0.6) is 0 Å². The second-order valence-corrected chi connectivity index (χ2v) is 9.97. The third-order valence-electron chi connectivity index (χ3n) is 4.50. The van der Waals surface area contributed by atoms with Crippen molar-refractivity contribution in [3.8, 4) is 0 Å². The Morgan fingerprint density at radius 2 is 1.77 bits per heavy atom. The number of benzene rings is 2. The van der Waals surface area contributed by atoms with Gasteiger partial charge in [0.25, 0.3) is 11.8 Å². The van der Waals surface area contributed by atoms with Gasteiger partial charge in [0.2, 0.25) is 5.91 Å². The van der Waals surface area contributed by atoms with Crippen molar-refractivity contribution in [3.63, 3.8) is 0 Å². The Morgan fingerprint density at radius 1 is 0.914 bits per heavy atom. The van der Waals surface area contributed by atoms with Crippen molar-refractivity contribution in [2.75, 3.05) is 16.4 Å². The third-order valence-corrected chi connectivity index (χ3v) is 7.00. The van der Waals surface area contributed by atoms with E-state index in [1.165, 1.54) is 34.4 Å². The number of hydrogen-bond acceptors (Lipinski definition) is 7. The number of nitrogens with zero attached hydrogens (tertiary/aromatic N) is 1. The second kappa shape index (κ2) is 12.1. The largest absolute Gasteiger partial charge is 0.321 e. The maximum absolute atomic E-state index is 13.1. The Labute approximate surface area is 214 Å². The minimum atomic E-state index is -0.452. The highest BCUT2D eigenvalue weighted by molar-refractivity contribution is 8.00. The van der Waals surface area contributed by atoms with Crippen molar-refractivity contribution in [1.82, 2.24) is 10.3 Å². The van der Waals surface area contributed by atoms with Crippen molar-refractivity contribution in [3.05, 3.63) is 99.8 Å². The number of amides is 3. The molecule has 3 amide bonds. The van der Waals surface area contributed by atoms with Crippen LogP contribution in [0.3, 0.4) is 0 Å². The summed E-state index contributed by atoms with van der Waals surface area (Å²) in [6, 6.07) is 19.6. The molecule has 0 atom stereocenters. The van der Waals surface area contributed by atoms with Crippen molar-refractivity contribution in [2.24, 2.45) is 0 Å². The zero-order valence-corrected chi connectivity index (χ0v) is 20.7. The Kier molecular flexibility index (Phi) is 8.44. The van der Waals surface area contributed by atoms with Gasteiger partial charge in [-0.3, -0.25) is 14.4 Å². The summed E-state index contributed by atoms with van der Waals surface area (Å²) in [7, 11) is 0. The summed E-state index contributed by atoms with van der Waals surface area (Å²) >= 11 is 4.15. The van der Waals surface area contributed by atoms with Gasteiger partial charge in [-0.1, -0.05) is 30.3 Å². The number of thioether (sulfide) groups is 1. The van der Waals surface area contributed by atoms with Gasteiger partial charge >= 0.3 is 0 Å². The van der Waals surface area contributed by atoms with E-state index in [1.807, 2.05) is 29.6 Å². The van der Waals surface area contributed by atoms with Crippen LogP contribution in [0, 0.1) is 0 Å². The van der Waals surface area contributed by atoms with Crippen LogP contribution in [0.4, 0.5) is 10.8 Å². The molecule has 0 unspecified atom stereocenters. The first kappa shape index (κ1) is 24.4. The lowest BCUT2D eigenvalue weighted by molar-refractivity contribution is -0.114. The lowest BCUT2D eigenvalue weighted by Gasteiger charge is -2.12. The molecule has 10 heteroatoms. The van der Waals surface area contributed by atoms with Gasteiger partial charge in [0, 0.05) is 32.6 Å². The van der Waals surface area contributed by atoms with Gasteiger partial charge in [-0.15, -0.1) is 34.4 Å². The number of thiophene rings is 1. The number of nitrogens with one attached hydrogen (secondary N) is 3. The SMILES string of the molecule is O=C(CSc1cccc(NC(=O)/C(=C/c2cccs2)NC(=O)c2ccccc2)c1)Nc1nccs1. The molecule has 0 aliphatic rings. The molecule has 0 aliphatic heterocycles. The van der Waals surface area contributed by atoms with E-state index in [1.54, 1.807) is 60.1 Å². The van der Waals surface area contributed by atoms with E-state index in [0.29, 0.717) is 16.4 Å². The fourth-order valence-corrected chi connectivity index (χ4v) is 4.87. The topological polar surface area (TPSA) is 100 Å². The Balaban J connectivity index is 1.42. The van der Waals surface area contributed by atoms with E-state index < -0.39 is 5.91 Å². The van der Waals surface area contributed by atoms with Crippen LogP contribution in [-0.2, 0) is 9.59 Å². The highest BCUT2D eigenvalue weighted by Gasteiger charge is 2.15. The fourth-order valence-electron chi connectivity index (χ4n) is 2.91. The molecule has 2 heterocycles. The standard InChI is InChI=1S/C25H20N4O3S3/c30-22(29-25-26-11-13-34-25)16-35-19-9-4-8-18(14-19)27-24(32)21(15-20-10-5-12-33-20)28-23(31)17-6-2-1-3-7-17/h1-15H,16H2,(H,27,32)(H,28,31)(H,26,29,30)/b21-15-. The Hall–Kier alpha value is -3.73. The second-order valence-electron chi connectivity index (χ2n) is 7.05. The summed E-state index contributed by atoms with van der Waals surface area (Å²) in [6.07, 6.45) is 3.27. The first-order valence-electron chi connectivity index (χ1n) is 10.4. The van der Waals surface area contributed by atoms with Crippen LogP contribution < -0.4 is 16.0 Å². The molecule has 4 rings (SSSR count). The van der Waals surface area contributed by atoms with Crippen molar-refractivity contribution >= 4 is 69.1 Å². The highest BCUT2D eigenvalue weighted by Crippen LogP contribution is 2.23. The van der Waals surface area contributed by atoms with Crippen molar-refractivity contribution in [1.29, 1.82) is 0 Å². The molecule has 176 valence electrons. The van der Waals surface area contributed by atoms with Gasteiger partial charge in [0.05, 0.1) is 5.75 Å². The molecular weight excluding hydrogens is 501 g/mol. The predicted molar refractivity (Wildman–Crippen MR) is 143 cm³/mol. The molecule has 3 N–H and O–H groups in total. The first-order chi connectivity index (χ1) is 17.1. The third kappa shape index (κ3) is 7.38. The average molecular weight is 521 g/mol. The molecule has 2 aromatic heterocycles. The van der Waals surface area contributed by atoms with Gasteiger partial charge in [-0.25, -0.2) is 4.98 Å². The predicted octanol–water partition coefficient (Wildman–Crippen LogP) is 5.35. The van der Waals surface area contributed by atoms with Crippen molar-refractivity contribution < 1.29 is 14.4 Å². The number of hydrogen-bond donors (Lipinski definition) is 3. The number of carbonyl (C=O) groups excluding carboxylic acids is 3. The maximum Gasteiger partial charge on any atom is 0.272 e. The molecule has 0 saturated carbocycles. The minimum Gasteiger partial charge on any atom is -0.321 e. The molecule has 2 aromatic carbocycles. The molecule has 4 aromatic rings. The zero-order chi connectivity index (χ0) is 24.5. The number of aromatic nitrogens is 1. The summed E-state index contributed by atoms with van der Waals surface area (Å²) < 4.78 is 0. The van der Waals surface area contributed by atoms with Crippen LogP contribution in [0.15, 0.2) is 94.3 Å². The van der Waals surface area contributed by atoms with Crippen LogP contribution in [0.25, 0.3) is 6.08 Å². The summed E-state index contributed by atoms with van der Waals surface area (Å²) in [6.45, 7) is 0. The number of rotatable bonds is 9. The smallest absolute Gasteiger partial charge is 0.272 e. The van der Waals surface area contributed by atoms with E-state index in [2.05, 4.69) is 20.9 Å². The van der Waals surface area contributed by atoms with E-state index in [-0.39, 0.29) is 23.3 Å². The first-order valence-corrected chi connectivity index (χ1v) is 13.2. The zero-order valence-electron chi connectivity index (χ0n) is 18.3. The lowest BCUT2D eigenvalue weighted by Crippen LogP contribution is -2.30. The quantitative estimate of drug-likeness (QED) is 0.204. The van der Waals surface area contributed by atoms with Crippen LogP contribution >= 0.6 is 34.4 Å². The fraction of sp³-hybridized carbons (Fsp3) is 0.0400. The van der Waals surface area contributed by atoms with E-state index in [4.69, 9.17) is 0 Å². The van der Waals surface area contributed by atoms with E-state index >= 15 is 0 Å². The minimum absolute atomic E-state index is 0.127. The molecule has 0 fully saturated rings. The molecule has 0 spiro atoms. The Morgan fingerprint density at radius 3 is 2.51 bits per heavy atom. The Bertz CT molecular complexity index is 1320. The maximum atomic E-state index is 13.1. The molecule has 7 nitrogen and oxygen atoms in total. The summed E-state index contributed by atoms with van der Waals surface area (Å²) in [4.78, 5) is 43.6. The van der Waals surface area contributed by atoms with E-state index in [0.717, 1.165) is 9.77 Å². The summed E-state index contributed by atoms with van der Waals surface area (Å²) in [5.74, 6) is -0.789. The lowest BCUT2D eigenvalue weighted by atomic mass is 10.2. The summed E-state index contributed by atoms with van der Waals surface area (Å²) in [5.41, 5.74) is 1.13. The highest BCUT2D eigenvalue weighted by atomic mass is 32.2. The molecular formula is C25H20N4O3S3. The van der Waals surface area contributed by atoms with E-state index in [9.17, 15) is 14.4 Å². The van der Waals surface area contributed by atoms with Crippen LogP contribution in [-0.4, -0.2) is 28.5 Å². The van der Waals surface area contributed by atoms with Gasteiger partial charge in [0.1, 0.15) is 5.70 Å². The van der Waals surface area contributed by atoms with Crippen LogP contribution in [0.2, 0.25) is 0 Å². The van der Waals surface area contributed by atoms with Crippen LogP contribution in [0.1, 0.15) is 15.2 Å². The molecule has 0 aliphatic carbocycles. The average Bonchev–Trinajstić information content (AvgIpc) is 3.58. The van der Waals surface area contributed by atoms with Crippen molar-refractivity contribution in [2.45, 2.75) is 4.90 Å².